The average Bonchev–Trinajstić information content (AvgIpc) is 3.12. The van der Waals surface area contributed by atoms with E-state index in [1.165, 1.54) is 0 Å². The molecule has 0 saturated carbocycles. The molecule has 2 aromatic carbocycles. The third-order valence-corrected chi connectivity index (χ3v) is 5.79. The number of carbonyl (C=O) groups is 2. The van der Waals surface area contributed by atoms with Crippen molar-refractivity contribution in [3.63, 3.8) is 0 Å². The van der Waals surface area contributed by atoms with E-state index in [2.05, 4.69) is 12.0 Å². The van der Waals surface area contributed by atoms with Gasteiger partial charge in [0.1, 0.15) is 5.69 Å². The summed E-state index contributed by atoms with van der Waals surface area (Å²) in [6, 6.07) is 15.7. The molecule has 2 heterocycles. The zero-order valence-electron chi connectivity index (χ0n) is 17.1. The zero-order chi connectivity index (χ0) is 20.4. The highest BCUT2D eigenvalue weighted by atomic mass is 16.2. The van der Waals surface area contributed by atoms with Gasteiger partial charge in [0.05, 0.1) is 5.69 Å². The van der Waals surface area contributed by atoms with Crippen LogP contribution in [0.15, 0.2) is 48.5 Å². The molecule has 0 radical (unpaired) electrons. The van der Waals surface area contributed by atoms with Gasteiger partial charge in [-0.15, -0.1) is 0 Å². The van der Waals surface area contributed by atoms with E-state index < -0.39 is 0 Å². The van der Waals surface area contributed by atoms with E-state index in [0.29, 0.717) is 18.8 Å². The van der Waals surface area contributed by atoms with Crippen LogP contribution >= 0.6 is 0 Å². The lowest BCUT2D eigenvalue weighted by molar-refractivity contribution is 0.0628. The molecule has 5 nitrogen and oxygen atoms in total. The molecule has 1 amide bonds. The number of benzene rings is 2. The minimum absolute atomic E-state index is 0.0298. The molecule has 1 aliphatic heterocycles. The topological polar surface area (TPSA) is 55.2 Å². The second-order valence-electron chi connectivity index (χ2n) is 7.88. The van der Waals surface area contributed by atoms with Gasteiger partial charge < -0.3 is 4.90 Å². The Bertz CT molecular complexity index is 1050. The second-order valence-corrected chi connectivity index (χ2v) is 7.88. The van der Waals surface area contributed by atoms with E-state index in [4.69, 9.17) is 0 Å². The number of fused-ring (bicyclic) bond motifs is 1. The molecule has 0 unspecified atom stereocenters. The summed E-state index contributed by atoms with van der Waals surface area (Å²) in [6.07, 6.45) is 3.52. The van der Waals surface area contributed by atoms with Crippen molar-refractivity contribution in [2.45, 2.75) is 32.6 Å². The van der Waals surface area contributed by atoms with Crippen molar-refractivity contribution in [1.82, 2.24) is 14.7 Å². The summed E-state index contributed by atoms with van der Waals surface area (Å²) < 4.78 is 1.67. The minimum Gasteiger partial charge on any atom is -0.337 e. The normalized spacial score (nSPS) is 16.9. The van der Waals surface area contributed by atoms with Gasteiger partial charge in [0.25, 0.3) is 5.91 Å². The summed E-state index contributed by atoms with van der Waals surface area (Å²) in [5.74, 6) is -0.0596. The summed E-state index contributed by atoms with van der Waals surface area (Å²) in [5, 5.41) is 6.51. The molecule has 150 valence electrons. The molecule has 1 atom stereocenters. The fourth-order valence-corrected chi connectivity index (χ4v) is 4.30. The van der Waals surface area contributed by atoms with Crippen LogP contribution in [-0.2, 0) is 13.5 Å². The third kappa shape index (κ3) is 3.82. The van der Waals surface area contributed by atoms with Gasteiger partial charge in [-0.3, -0.25) is 14.3 Å². The first-order valence-corrected chi connectivity index (χ1v) is 10.4. The highest BCUT2D eigenvalue weighted by molar-refractivity contribution is 6.09. The lowest BCUT2D eigenvalue weighted by Gasteiger charge is -2.32. The number of ketones is 1. The molecule has 0 bridgehead atoms. The number of rotatable bonds is 5. The van der Waals surface area contributed by atoms with E-state index in [1.54, 1.807) is 4.68 Å². The number of aryl methyl sites for hydroxylation is 2. The van der Waals surface area contributed by atoms with Crippen LogP contribution in [0.4, 0.5) is 0 Å². The first-order chi connectivity index (χ1) is 14.1. The Kier molecular flexibility index (Phi) is 5.47. The van der Waals surface area contributed by atoms with Gasteiger partial charge in [0.2, 0.25) is 0 Å². The maximum atomic E-state index is 13.3. The molecule has 1 aliphatic rings. The SMILES string of the molecule is CCCc1cc(C(=O)N2CCC[C@@H](C(=O)c3cccc4ccccc34)C2)n(C)n1. The van der Waals surface area contributed by atoms with Crippen molar-refractivity contribution in [3.8, 4) is 0 Å². The zero-order valence-corrected chi connectivity index (χ0v) is 17.1. The van der Waals surface area contributed by atoms with E-state index in [1.807, 2.05) is 60.5 Å². The van der Waals surface area contributed by atoms with Crippen LogP contribution in [0.5, 0.6) is 0 Å². The largest absolute Gasteiger partial charge is 0.337 e. The van der Waals surface area contributed by atoms with Crippen molar-refractivity contribution >= 4 is 22.5 Å². The monoisotopic (exact) mass is 389 g/mol. The Morgan fingerprint density at radius 1 is 1.14 bits per heavy atom. The van der Waals surface area contributed by atoms with Gasteiger partial charge in [-0.2, -0.15) is 5.10 Å². The lowest BCUT2D eigenvalue weighted by atomic mass is 9.88. The Morgan fingerprint density at radius 3 is 2.76 bits per heavy atom. The molecular formula is C24H27N3O2. The molecule has 1 saturated heterocycles. The number of hydrogen-bond acceptors (Lipinski definition) is 3. The third-order valence-electron chi connectivity index (χ3n) is 5.79. The number of carbonyl (C=O) groups excluding carboxylic acids is 2. The van der Waals surface area contributed by atoms with E-state index in [0.717, 1.165) is 47.7 Å². The maximum absolute atomic E-state index is 13.3. The Morgan fingerprint density at radius 2 is 1.93 bits per heavy atom. The Hall–Kier alpha value is -2.95. The summed E-state index contributed by atoms with van der Waals surface area (Å²) in [5.41, 5.74) is 2.30. The summed E-state index contributed by atoms with van der Waals surface area (Å²) in [6.45, 7) is 3.26. The van der Waals surface area contributed by atoms with Crippen LogP contribution < -0.4 is 0 Å². The number of nitrogens with zero attached hydrogens (tertiary/aromatic N) is 3. The van der Waals surface area contributed by atoms with Crippen LogP contribution in [-0.4, -0.2) is 39.5 Å². The van der Waals surface area contributed by atoms with Crippen molar-refractivity contribution in [1.29, 1.82) is 0 Å². The Balaban J connectivity index is 1.55. The number of aromatic nitrogens is 2. The predicted molar refractivity (Wildman–Crippen MR) is 114 cm³/mol. The second kappa shape index (κ2) is 8.19. The van der Waals surface area contributed by atoms with Crippen molar-refractivity contribution < 1.29 is 9.59 Å². The number of amides is 1. The quantitative estimate of drug-likeness (QED) is 0.613. The highest BCUT2D eigenvalue weighted by Crippen LogP contribution is 2.26. The number of Topliss-reactive ketones (excluding diaryl/α,β-unsaturated/α-hetero) is 1. The molecule has 3 aromatic rings. The molecule has 0 aliphatic carbocycles. The summed E-state index contributed by atoms with van der Waals surface area (Å²) in [7, 11) is 1.81. The molecule has 29 heavy (non-hydrogen) atoms. The fraction of sp³-hybridized carbons (Fsp3) is 0.375. The average molecular weight is 389 g/mol. The van der Waals surface area contributed by atoms with Gasteiger partial charge in [0.15, 0.2) is 5.78 Å². The van der Waals surface area contributed by atoms with Crippen LogP contribution in [0.1, 0.15) is 52.7 Å². The van der Waals surface area contributed by atoms with Gasteiger partial charge in [-0.25, -0.2) is 0 Å². The lowest BCUT2D eigenvalue weighted by Crippen LogP contribution is -2.43. The molecule has 0 spiro atoms. The molecular weight excluding hydrogens is 362 g/mol. The summed E-state index contributed by atoms with van der Waals surface area (Å²) in [4.78, 5) is 28.3. The van der Waals surface area contributed by atoms with Crippen molar-refractivity contribution in [2.24, 2.45) is 13.0 Å². The Labute approximate surface area is 171 Å². The van der Waals surface area contributed by atoms with Crippen molar-refractivity contribution in [3.05, 3.63) is 65.5 Å². The van der Waals surface area contributed by atoms with Gasteiger partial charge in [-0.1, -0.05) is 55.8 Å². The highest BCUT2D eigenvalue weighted by Gasteiger charge is 2.31. The van der Waals surface area contributed by atoms with Crippen LogP contribution in [0, 0.1) is 5.92 Å². The van der Waals surface area contributed by atoms with E-state index >= 15 is 0 Å². The first kappa shape index (κ1) is 19.4. The standard InChI is InChI=1S/C24H27N3O2/c1-3-8-19-15-22(26(2)25-19)24(29)27-14-7-11-18(16-27)23(28)21-13-6-10-17-9-4-5-12-20(17)21/h4-6,9-10,12-13,15,18H,3,7-8,11,14,16H2,1-2H3/t18-/m1/s1. The van der Waals surface area contributed by atoms with Crippen LogP contribution in [0.3, 0.4) is 0 Å². The van der Waals surface area contributed by atoms with Gasteiger partial charge >= 0.3 is 0 Å². The van der Waals surface area contributed by atoms with Gasteiger partial charge in [-0.05, 0) is 36.1 Å². The maximum Gasteiger partial charge on any atom is 0.272 e. The van der Waals surface area contributed by atoms with E-state index in [-0.39, 0.29) is 17.6 Å². The molecule has 4 rings (SSSR count). The number of piperidine rings is 1. The molecule has 0 N–H and O–H groups in total. The smallest absolute Gasteiger partial charge is 0.272 e. The van der Waals surface area contributed by atoms with Crippen LogP contribution in [0.25, 0.3) is 10.8 Å². The van der Waals surface area contributed by atoms with Gasteiger partial charge in [0, 0.05) is 31.6 Å². The first-order valence-electron chi connectivity index (χ1n) is 10.4. The predicted octanol–water partition coefficient (Wildman–Crippen LogP) is 4.26. The summed E-state index contributed by atoms with van der Waals surface area (Å²) >= 11 is 0. The van der Waals surface area contributed by atoms with Crippen LogP contribution in [0.2, 0.25) is 0 Å². The molecule has 5 heteroatoms. The molecule has 1 fully saturated rings. The van der Waals surface area contributed by atoms with E-state index in [9.17, 15) is 9.59 Å². The number of hydrogen-bond donors (Lipinski definition) is 0. The number of likely N-dealkylation sites (tertiary alicyclic amines) is 1. The fourth-order valence-electron chi connectivity index (χ4n) is 4.30. The van der Waals surface area contributed by atoms with Crippen molar-refractivity contribution in [2.75, 3.05) is 13.1 Å². The minimum atomic E-state index is -0.165. The molecule has 1 aromatic heterocycles.